The van der Waals surface area contributed by atoms with E-state index in [-0.39, 0.29) is 0 Å². The van der Waals surface area contributed by atoms with Crippen molar-refractivity contribution in [1.82, 2.24) is 14.4 Å². The molecule has 0 fully saturated rings. The van der Waals surface area contributed by atoms with Crippen LogP contribution in [-0.4, -0.2) is 21.4 Å². The Bertz CT molecular complexity index is 722. The molecule has 2 N–H and O–H groups in total. The van der Waals surface area contributed by atoms with Crippen molar-refractivity contribution in [2.75, 3.05) is 17.7 Å². The number of benzene rings is 1. The molecule has 0 radical (unpaired) electrons. The minimum Gasteiger partial charge on any atom is -0.372 e. The number of anilines is 3. The summed E-state index contributed by atoms with van der Waals surface area (Å²) in [6.45, 7) is 0. The molecule has 0 amide bonds. The highest BCUT2D eigenvalue weighted by Crippen LogP contribution is 2.24. The van der Waals surface area contributed by atoms with E-state index >= 15 is 0 Å². The van der Waals surface area contributed by atoms with Gasteiger partial charge in [0.15, 0.2) is 11.5 Å². The van der Waals surface area contributed by atoms with Gasteiger partial charge in [0, 0.05) is 23.0 Å². The van der Waals surface area contributed by atoms with Gasteiger partial charge in [0.2, 0.25) is 0 Å². The van der Waals surface area contributed by atoms with Crippen LogP contribution in [0.3, 0.4) is 0 Å². The van der Waals surface area contributed by atoms with E-state index in [2.05, 4.69) is 43.2 Å². The predicted molar refractivity (Wildman–Crippen MR) is 85.0 cm³/mol. The van der Waals surface area contributed by atoms with Crippen LogP contribution in [-0.2, 0) is 0 Å². The van der Waals surface area contributed by atoms with Crippen LogP contribution in [0.25, 0.3) is 5.65 Å². The smallest absolute Gasteiger partial charge is 0.180 e. The zero-order valence-electron chi connectivity index (χ0n) is 10.3. The first-order valence-corrected chi connectivity index (χ1v) is 6.89. The number of nitrogens with zero attached hydrogens (tertiary/aromatic N) is 3. The Labute approximate surface area is 124 Å². The van der Waals surface area contributed by atoms with E-state index in [1.165, 1.54) is 0 Å². The number of imidazole rings is 1. The number of nitrogens with one attached hydrogen (secondary N) is 2. The second-order valence-electron chi connectivity index (χ2n) is 3.99. The van der Waals surface area contributed by atoms with Crippen LogP contribution in [0.15, 0.2) is 42.9 Å². The van der Waals surface area contributed by atoms with Crippen molar-refractivity contribution in [3.05, 3.63) is 46.4 Å². The number of hydrogen-bond acceptors (Lipinski definition) is 4. The number of halogens is 1. The van der Waals surface area contributed by atoms with Gasteiger partial charge in [-0.3, -0.25) is 0 Å². The van der Waals surface area contributed by atoms with Crippen LogP contribution in [0.5, 0.6) is 0 Å². The van der Waals surface area contributed by atoms with E-state index in [9.17, 15) is 0 Å². The van der Waals surface area contributed by atoms with Gasteiger partial charge >= 0.3 is 0 Å². The zero-order chi connectivity index (χ0) is 13.2. The van der Waals surface area contributed by atoms with Crippen LogP contribution in [0.4, 0.5) is 17.3 Å². The first-order valence-electron chi connectivity index (χ1n) is 5.81. The molecule has 1 aromatic carbocycles. The molecule has 6 heteroatoms. The van der Waals surface area contributed by atoms with Gasteiger partial charge in [-0.15, -0.1) is 0 Å². The summed E-state index contributed by atoms with van der Waals surface area (Å²) in [5, 5.41) is 6.38. The van der Waals surface area contributed by atoms with Crippen molar-refractivity contribution in [2.45, 2.75) is 0 Å². The van der Waals surface area contributed by atoms with Crippen molar-refractivity contribution >= 4 is 45.6 Å². The van der Waals surface area contributed by atoms with Crippen LogP contribution < -0.4 is 10.6 Å². The second kappa shape index (κ2) is 5.04. The molecule has 0 atom stereocenters. The number of para-hydroxylation sites is 1. The zero-order valence-corrected chi connectivity index (χ0v) is 12.4. The van der Waals surface area contributed by atoms with E-state index in [0.29, 0.717) is 0 Å². The van der Waals surface area contributed by atoms with Gasteiger partial charge in [-0.2, -0.15) is 0 Å². The Morgan fingerprint density at radius 3 is 2.89 bits per heavy atom. The second-order valence-corrected chi connectivity index (χ2v) is 5.15. The molecule has 3 rings (SSSR count). The average Bonchev–Trinajstić information content (AvgIpc) is 2.89. The lowest BCUT2D eigenvalue weighted by atomic mass is 10.3. The van der Waals surface area contributed by atoms with Gasteiger partial charge in [0.05, 0.1) is 11.9 Å². The van der Waals surface area contributed by atoms with Gasteiger partial charge < -0.3 is 15.0 Å². The maximum Gasteiger partial charge on any atom is 0.180 e. The molecule has 0 aliphatic heterocycles. The van der Waals surface area contributed by atoms with Crippen LogP contribution >= 0.6 is 22.6 Å². The lowest BCUT2D eigenvalue weighted by molar-refractivity contribution is 1.12. The lowest BCUT2D eigenvalue weighted by Gasteiger charge is -2.10. The van der Waals surface area contributed by atoms with Crippen molar-refractivity contribution in [1.29, 1.82) is 0 Å². The van der Waals surface area contributed by atoms with E-state index in [0.717, 1.165) is 26.5 Å². The Balaban J connectivity index is 2.09. The van der Waals surface area contributed by atoms with Gasteiger partial charge in [0.1, 0.15) is 5.82 Å². The highest BCUT2D eigenvalue weighted by molar-refractivity contribution is 14.1. The normalized spacial score (nSPS) is 10.6. The Hall–Kier alpha value is -1.83. The van der Waals surface area contributed by atoms with Crippen molar-refractivity contribution in [3.8, 4) is 0 Å². The SMILES string of the molecule is CNc1cn2ccnc2c(Nc2ccccc2I)n1. The fourth-order valence-corrected chi connectivity index (χ4v) is 2.35. The summed E-state index contributed by atoms with van der Waals surface area (Å²) in [6, 6.07) is 8.08. The fraction of sp³-hybridized carbons (Fsp3) is 0.0769. The molecule has 0 unspecified atom stereocenters. The van der Waals surface area contributed by atoms with E-state index in [1.54, 1.807) is 6.20 Å². The standard InChI is InChI=1S/C13H12IN5/c1-15-11-8-19-7-6-16-13(19)12(18-11)17-10-5-3-2-4-9(10)14/h2-8,15H,1H3,(H,17,18). The summed E-state index contributed by atoms with van der Waals surface area (Å²) in [5.41, 5.74) is 1.83. The van der Waals surface area contributed by atoms with Crippen molar-refractivity contribution < 1.29 is 0 Å². The molecule has 0 aliphatic carbocycles. The molecule has 0 saturated carbocycles. The van der Waals surface area contributed by atoms with Crippen LogP contribution in [0.1, 0.15) is 0 Å². The summed E-state index contributed by atoms with van der Waals surface area (Å²) in [5.74, 6) is 1.53. The van der Waals surface area contributed by atoms with E-state index in [1.807, 2.05) is 48.1 Å². The summed E-state index contributed by atoms with van der Waals surface area (Å²) in [6.07, 6.45) is 5.57. The number of hydrogen-bond donors (Lipinski definition) is 2. The summed E-state index contributed by atoms with van der Waals surface area (Å²) < 4.78 is 3.08. The number of fused-ring (bicyclic) bond motifs is 1. The topological polar surface area (TPSA) is 54.2 Å². The molecule has 0 saturated heterocycles. The van der Waals surface area contributed by atoms with E-state index < -0.39 is 0 Å². The van der Waals surface area contributed by atoms with Crippen molar-refractivity contribution in [2.24, 2.45) is 0 Å². The van der Waals surface area contributed by atoms with Gasteiger partial charge in [-0.1, -0.05) is 12.1 Å². The minimum atomic E-state index is 0.737. The first kappa shape index (κ1) is 12.2. The molecule has 0 spiro atoms. The van der Waals surface area contributed by atoms with E-state index in [4.69, 9.17) is 0 Å². The van der Waals surface area contributed by atoms with Crippen molar-refractivity contribution in [3.63, 3.8) is 0 Å². The Kier molecular flexibility index (Phi) is 3.24. The Morgan fingerprint density at radius 2 is 2.11 bits per heavy atom. The molecular weight excluding hydrogens is 353 g/mol. The first-order chi connectivity index (χ1) is 9.28. The molecule has 3 aromatic rings. The van der Waals surface area contributed by atoms with Gasteiger partial charge in [0.25, 0.3) is 0 Å². The quantitative estimate of drug-likeness (QED) is 0.701. The molecule has 2 heterocycles. The largest absolute Gasteiger partial charge is 0.372 e. The maximum absolute atomic E-state index is 4.52. The minimum absolute atomic E-state index is 0.737. The highest BCUT2D eigenvalue weighted by atomic mass is 127. The number of aromatic nitrogens is 3. The third-order valence-corrected chi connectivity index (χ3v) is 3.70. The molecule has 5 nitrogen and oxygen atoms in total. The molecule has 0 bridgehead atoms. The monoisotopic (exact) mass is 365 g/mol. The molecule has 19 heavy (non-hydrogen) atoms. The molecule has 2 aromatic heterocycles. The average molecular weight is 365 g/mol. The molecule has 0 aliphatic rings. The van der Waals surface area contributed by atoms with Gasteiger partial charge in [-0.25, -0.2) is 9.97 Å². The molecule has 96 valence electrons. The third-order valence-electron chi connectivity index (χ3n) is 2.76. The maximum atomic E-state index is 4.52. The summed E-state index contributed by atoms with van der Waals surface area (Å²) in [7, 11) is 1.85. The summed E-state index contributed by atoms with van der Waals surface area (Å²) >= 11 is 2.29. The number of rotatable bonds is 3. The highest BCUT2D eigenvalue weighted by Gasteiger charge is 2.08. The van der Waals surface area contributed by atoms with Gasteiger partial charge in [-0.05, 0) is 34.7 Å². The Morgan fingerprint density at radius 1 is 1.26 bits per heavy atom. The third kappa shape index (κ3) is 2.35. The lowest BCUT2D eigenvalue weighted by Crippen LogP contribution is -2.03. The fourth-order valence-electron chi connectivity index (χ4n) is 1.83. The predicted octanol–water partition coefficient (Wildman–Crippen LogP) is 3.12. The van der Waals surface area contributed by atoms with Crippen LogP contribution in [0.2, 0.25) is 0 Å². The molecular formula is C13H12IN5. The van der Waals surface area contributed by atoms with Crippen LogP contribution in [0, 0.1) is 3.57 Å². The summed E-state index contributed by atoms with van der Waals surface area (Å²) in [4.78, 5) is 8.85.